The first-order chi connectivity index (χ1) is 9.92. The molecule has 1 heterocycles. The van der Waals surface area contributed by atoms with E-state index in [0.29, 0.717) is 5.75 Å². The molecule has 1 amide bonds. The third-order valence-corrected chi connectivity index (χ3v) is 3.00. The highest BCUT2D eigenvalue weighted by atomic mass is 16.6. The van der Waals surface area contributed by atoms with Crippen molar-refractivity contribution in [3.63, 3.8) is 0 Å². The number of nitrogens with one attached hydrogen (secondary N) is 1. The van der Waals surface area contributed by atoms with Crippen molar-refractivity contribution in [1.82, 2.24) is 9.78 Å². The molecule has 0 aliphatic heterocycles. The Balaban J connectivity index is 2.30. The number of carbonyl (C=O) groups excluding carboxylic acids is 1. The zero-order valence-electron chi connectivity index (χ0n) is 11.8. The highest BCUT2D eigenvalue weighted by molar-refractivity contribution is 6.04. The number of ether oxygens (including phenoxy) is 1. The molecule has 0 fully saturated rings. The summed E-state index contributed by atoms with van der Waals surface area (Å²) in [5, 5.41) is 17.6. The molecule has 1 aromatic heterocycles. The van der Waals surface area contributed by atoms with Gasteiger partial charge in [-0.15, -0.1) is 0 Å². The van der Waals surface area contributed by atoms with Crippen LogP contribution in [0.25, 0.3) is 0 Å². The quantitative estimate of drug-likeness (QED) is 0.684. The Labute approximate surface area is 120 Å². The number of aromatic nitrogens is 2. The number of amides is 1. The van der Waals surface area contributed by atoms with E-state index in [9.17, 15) is 14.9 Å². The predicted octanol–water partition coefficient (Wildman–Crippen LogP) is 1.90. The van der Waals surface area contributed by atoms with Crippen molar-refractivity contribution in [2.75, 3.05) is 12.4 Å². The Morgan fingerprint density at radius 2 is 2.14 bits per heavy atom. The van der Waals surface area contributed by atoms with Crippen LogP contribution in [0.2, 0.25) is 0 Å². The maximum Gasteiger partial charge on any atom is 0.296 e. The highest BCUT2D eigenvalue weighted by Gasteiger charge is 2.19. The first-order valence-corrected chi connectivity index (χ1v) is 6.07. The third kappa shape index (κ3) is 2.99. The molecular formula is C13H14N4O4. The standard InChI is InChI=1S/C13H14N4O4/c1-8-6-11(15-16(8)2)13(18)14-10-5-4-9(21-3)7-12(10)17(19)20/h4-7H,1-3H3,(H,14,18). The Bertz CT molecular complexity index is 689. The van der Waals surface area contributed by atoms with E-state index in [2.05, 4.69) is 10.4 Å². The number of methoxy groups -OCH3 is 1. The van der Waals surface area contributed by atoms with Crippen molar-refractivity contribution in [3.05, 3.63) is 45.8 Å². The van der Waals surface area contributed by atoms with Crippen LogP contribution in [0.15, 0.2) is 24.3 Å². The summed E-state index contributed by atoms with van der Waals surface area (Å²) in [6.45, 7) is 1.81. The van der Waals surface area contributed by atoms with Crippen LogP contribution in [0.5, 0.6) is 5.75 Å². The molecule has 2 rings (SSSR count). The topological polar surface area (TPSA) is 99.3 Å². The molecule has 0 aliphatic carbocycles. The van der Waals surface area contributed by atoms with Gasteiger partial charge in [0, 0.05) is 12.7 Å². The van der Waals surface area contributed by atoms with Crippen LogP contribution < -0.4 is 10.1 Å². The lowest BCUT2D eigenvalue weighted by atomic mass is 10.2. The number of aryl methyl sites for hydroxylation is 2. The Kier molecular flexibility index (Phi) is 3.88. The molecule has 0 saturated heterocycles. The molecule has 0 bridgehead atoms. The number of benzene rings is 1. The van der Waals surface area contributed by atoms with Gasteiger partial charge in [0.2, 0.25) is 0 Å². The Hall–Kier alpha value is -2.90. The van der Waals surface area contributed by atoms with Gasteiger partial charge >= 0.3 is 0 Å². The molecule has 1 N–H and O–H groups in total. The average Bonchev–Trinajstić information content (AvgIpc) is 2.79. The molecule has 110 valence electrons. The maximum atomic E-state index is 12.1. The van der Waals surface area contributed by atoms with E-state index >= 15 is 0 Å². The van der Waals surface area contributed by atoms with Crippen molar-refractivity contribution in [1.29, 1.82) is 0 Å². The summed E-state index contributed by atoms with van der Waals surface area (Å²) in [7, 11) is 3.12. The zero-order valence-corrected chi connectivity index (χ0v) is 11.8. The van der Waals surface area contributed by atoms with Gasteiger partial charge in [-0.25, -0.2) is 0 Å². The fourth-order valence-corrected chi connectivity index (χ4v) is 1.75. The predicted molar refractivity (Wildman–Crippen MR) is 75.5 cm³/mol. The van der Waals surface area contributed by atoms with Crippen LogP contribution in [0.1, 0.15) is 16.2 Å². The first kappa shape index (κ1) is 14.5. The average molecular weight is 290 g/mol. The van der Waals surface area contributed by atoms with Gasteiger partial charge in [-0.3, -0.25) is 19.6 Å². The van der Waals surface area contributed by atoms with Crippen molar-refractivity contribution in [2.24, 2.45) is 7.05 Å². The van der Waals surface area contributed by atoms with E-state index in [1.54, 1.807) is 24.7 Å². The zero-order chi connectivity index (χ0) is 15.6. The van der Waals surface area contributed by atoms with Crippen molar-refractivity contribution < 1.29 is 14.5 Å². The molecule has 0 radical (unpaired) electrons. The molecule has 0 spiro atoms. The molecule has 21 heavy (non-hydrogen) atoms. The molecule has 0 atom stereocenters. The van der Waals surface area contributed by atoms with Crippen LogP contribution >= 0.6 is 0 Å². The highest BCUT2D eigenvalue weighted by Crippen LogP contribution is 2.29. The summed E-state index contributed by atoms with van der Waals surface area (Å²) in [5.41, 5.74) is 0.856. The maximum absolute atomic E-state index is 12.1. The molecule has 2 aromatic rings. The minimum Gasteiger partial charge on any atom is -0.496 e. The third-order valence-electron chi connectivity index (χ3n) is 3.00. The normalized spacial score (nSPS) is 10.2. The van der Waals surface area contributed by atoms with Gasteiger partial charge in [-0.2, -0.15) is 5.10 Å². The largest absolute Gasteiger partial charge is 0.496 e. The SMILES string of the molecule is COc1ccc(NC(=O)c2cc(C)n(C)n2)c([N+](=O)[O-])c1. The van der Waals surface area contributed by atoms with Gasteiger partial charge in [-0.05, 0) is 25.1 Å². The van der Waals surface area contributed by atoms with Crippen LogP contribution in [0.3, 0.4) is 0 Å². The summed E-state index contributed by atoms with van der Waals surface area (Å²) in [6.07, 6.45) is 0. The minimum atomic E-state index is -0.582. The smallest absolute Gasteiger partial charge is 0.296 e. The molecule has 0 unspecified atom stereocenters. The minimum absolute atomic E-state index is 0.0918. The molecule has 0 aliphatic rings. The summed E-state index contributed by atoms with van der Waals surface area (Å²) >= 11 is 0. The summed E-state index contributed by atoms with van der Waals surface area (Å²) in [5.74, 6) is -0.166. The first-order valence-electron chi connectivity index (χ1n) is 6.07. The number of nitro groups is 1. The van der Waals surface area contributed by atoms with Gasteiger partial charge in [0.1, 0.15) is 11.4 Å². The number of rotatable bonds is 4. The number of anilines is 1. The van der Waals surface area contributed by atoms with Crippen molar-refractivity contribution >= 4 is 17.3 Å². The lowest BCUT2D eigenvalue weighted by Gasteiger charge is -2.06. The fraction of sp³-hybridized carbons (Fsp3) is 0.231. The lowest BCUT2D eigenvalue weighted by Crippen LogP contribution is -2.14. The van der Waals surface area contributed by atoms with E-state index in [0.717, 1.165) is 5.69 Å². The molecular weight excluding hydrogens is 276 g/mol. The number of hydrogen-bond acceptors (Lipinski definition) is 5. The monoisotopic (exact) mass is 290 g/mol. The van der Waals surface area contributed by atoms with Crippen LogP contribution in [0, 0.1) is 17.0 Å². The molecule has 1 aromatic carbocycles. The fourth-order valence-electron chi connectivity index (χ4n) is 1.75. The number of carbonyl (C=O) groups is 1. The van der Waals surface area contributed by atoms with Crippen LogP contribution in [0.4, 0.5) is 11.4 Å². The van der Waals surface area contributed by atoms with Gasteiger partial charge < -0.3 is 10.1 Å². The lowest BCUT2D eigenvalue weighted by molar-refractivity contribution is -0.384. The summed E-state index contributed by atoms with van der Waals surface area (Å²) in [6, 6.07) is 5.81. The second kappa shape index (κ2) is 5.61. The van der Waals surface area contributed by atoms with E-state index in [4.69, 9.17) is 4.74 Å². The van der Waals surface area contributed by atoms with E-state index in [1.807, 2.05) is 0 Å². The van der Waals surface area contributed by atoms with Gasteiger partial charge in [0.25, 0.3) is 11.6 Å². The van der Waals surface area contributed by atoms with Gasteiger partial charge in [0.05, 0.1) is 18.1 Å². The van der Waals surface area contributed by atoms with Crippen molar-refractivity contribution in [3.8, 4) is 5.75 Å². The van der Waals surface area contributed by atoms with Gasteiger partial charge in [-0.1, -0.05) is 0 Å². The number of nitro benzene ring substituents is 1. The van der Waals surface area contributed by atoms with Gasteiger partial charge in [0.15, 0.2) is 5.69 Å². The van der Waals surface area contributed by atoms with E-state index < -0.39 is 10.8 Å². The van der Waals surface area contributed by atoms with Crippen LogP contribution in [-0.4, -0.2) is 27.7 Å². The van der Waals surface area contributed by atoms with Crippen molar-refractivity contribution in [2.45, 2.75) is 6.92 Å². The molecule has 0 saturated carbocycles. The number of nitrogens with zero attached hydrogens (tertiary/aromatic N) is 3. The second-order valence-electron chi connectivity index (χ2n) is 4.39. The summed E-state index contributed by atoms with van der Waals surface area (Å²) < 4.78 is 6.49. The number of hydrogen-bond donors (Lipinski definition) is 1. The second-order valence-corrected chi connectivity index (χ2v) is 4.39. The summed E-state index contributed by atoms with van der Waals surface area (Å²) in [4.78, 5) is 22.5. The Morgan fingerprint density at radius 1 is 1.43 bits per heavy atom. The molecule has 8 heteroatoms. The Morgan fingerprint density at radius 3 is 2.67 bits per heavy atom. The molecule has 8 nitrogen and oxygen atoms in total. The van der Waals surface area contributed by atoms with E-state index in [1.165, 1.54) is 25.3 Å². The van der Waals surface area contributed by atoms with Crippen LogP contribution in [-0.2, 0) is 7.05 Å². The van der Waals surface area contributed by atoms with E-state index in [-0.39, 0.29) is 17.1 Å².